The summed E-state index contributed by atoms with van der Waals surface area (Å²) in [6, 6.07) is 9.19. The van der Waals surface area contributed by atoms with E-state index in [9.17, 15) is 10.0 Å². The van der Waals surface area contributed by atoms with Crippen molar-refractivity contribution in [1.82, 2.24) is 10.2 Å². The standard InChI is InChI=1S/C20H27N3O3/c1-5-18(26-14-13-22-12-11-21-20(22)24)16(4)19(15(2)3)23(25)17-9-7-6-8-10-17/h5-10,25H,2,11-14H2,1,3-4H3,(H,21,24). The summed E-state index contributed by atoms with van der Waals surface area (Å²) in [5, 5.41) is 14.6. The highest BCUT2D eigenvalue weighted by Crippen LogP contribution is 2.27. The molecule has 0 aliphatic carbocycles. The van der Waals surface area contributed by atoms with Gasteiger partial charge in [0.25, 0.3) is 0 Å². The molecule has 1 aliphatic heterocycles. The molecule has 1 saturated heterocycles. The fourth-order valence-corrected chi connectivity index (χ4v) is 2.87. The van der Waals surface area contributed by atoms with Crippen LogP contribution in [-0.4, -0.2) is 42.4 Å². The minimum Gasteiger partial charge on any atom is -0.492 e. The Kier molecular flexibility index (Phi) is 6.86. The Bertz CT molecular complexity index is 710. The number of carbonyl (C=O) groups excluding carboxylic acids is 1. The Labute approximate surface area is 155 Å². The molecule has 0 unspecified atom stereocenters. The number of urea groups is 1. The van der Waals surface area contributed by atoms with Gasteiger partial charge in [-0.05, 0) is 44.6 Å². The van der Waals surface area contributed by atoms with Gasteiger partial charge in [0.1, 0.15) is 12.4 Å². The third kappa shape index (κ3) is 4.67. The van der Waals surface area contributed by atoms with Gasteiger partial charge in [0.2, 0.25) is 0 Å². The van der Waals surface area contributed by atoms with Crippen molar-refractivity contribution in [2.24, 2.45) is 0 Å². The van der Waals surface area contributed by atoms with E-state index >= 15 is 0 Å². The van der Waals surface area contributed by atoms with Crippen LogP contribution in [0.3, 0.4) is 0 Å². The van der Waals surface area contributed by atoms with Gasteiger partial charge in [0, 0.05) is 18.7 Å². The average molecular weight is 357 g/mol. The molecule has 0 atom stereocenters. The minimum atomic E-state index is -0.0591. The molecule has 1 aromatic rings. The first-order valence-electron chi connectivity index (χ1n) is 8.68. The summed E-state index contributed by atoms with van der Waals surface area (Å²) in [5.41, 5.74) is 2.73. The highest BCUT2D eigenvalue weighted by atomic mass is 16.5. The number of hydrogen-bond donors (Lipinski definition) is 2. The normalized spacial score (nSPS) is 15.5. The number of nitrogens with zero attached hydrogens (tertiary/aromatic N) is 2. The number of hydroxylamine groups is 1. The first kappa shape index (κ1) is 19.6. The summed E-state index contributed by atoms with van der Waals surface area (Å²) in [5.74, 6) is 0.651. The SMILES string of the molecule is C=C(C)C(=C(C)C(=CC)OCCN1CCNC1=O)N(O)c1ccccc1. The van der Waals surface area contributed by atoms with Crippen molar-refractivity contribution in [1.29, 1.82) is 0 Å². The monoisotopic (exact) mass is 357 g/mol. The minimum absolute atomic E-state index is 0.0591. The van der Waals surface area contributed by atoms with E-state index < -0.39 is 0 Å². The molecule has 140 valence electrons. The van der Waals surface area contributed by atoms with Crippen molar-refractivity contribution in [3.05, 3.63) is 65.6 Å². The number of allylic oxidation sites excluding steroid dienone is 3. The number of ether oxygens (including phenoxy) is 1. The Morgan fingerprint density at radius 2 is 2.08 bits per heavy atom. The van der Waals surface area contributed by atoms with E-state index in [0.29, 0.717) is 43.4 Å². The summed E-state index contributed by atoms with van der Waals surface area (Å²) in [4.78, 5) is 13.3. The van der Waals surface area contributed by atoms with Crippen molar-refractivity contribution >= 4 is 11.7 Å². The number of anilines is 1. The van der Waals surface area contributed by atoms with E-state index in [-0.39, 0.29) is 6.03 Å². The maximum absolute atomic E-state index is 11.6. The molecule has 0 bridgehead atoms. The second-order valence-corrected chi connectivity index (χ2v) is 6.12. The van der Waals surface area contributed by atoms with Crippen molar-refractivity contribution < 1.29 is 14.7 Å². The van der Waals surface area contributed by atoms with Crippen LogP contribution < -0.4 is 10.4 Å². The lowest BCUT2D eigenvalue weighted by Gasteiger charge is -2.24. The fourth-order valence-electron chi connectivity index (χ4n) is 2.87. The van der Waals surface area contributed by atoms with Crippen LogP contribution in [0.5, 0.6) is 0 Å². The molecule has 2 N–H and O–H groups in total. The maximum atomic E-state index is 11.6. The van der Waals surface area contributed by atoms with E-state index in [1.54, 1.807) is 4.90 Å². The molecule has 1 aromatic carbocycles. The molecule has 1 fully saturated rings. The predicted octanol–water partition coefficient (Wildman–Crippen LogP) is 3.68. The molecule has 2 amide bonds. The van der Waals surface area contributed by atoms with Gasteiger partial charge in [-0.15, -0.1) is 0 Å². The second kappa shape index (κ2) is 9.10. The van der Waals surface area contributed by atoms with Crippen LogP contribution in [-0.2, 0) is 4.74 Å². The third-order valence-electron chi connectivity index (χ3n) is 4.17. The van der Waals surface area contributed by atoms with Crippen molar-refractivity contribution in [2.75, 3.05) is 31.3 Å². The summed E-state index contributed by atoms with van der Waals surface area (Å²) in [6.07, 6.45) is 1.85. The van der Waals surface area contributed by atoms with Crippen LogP contribution >= 0.6 is 0 Å². The zero-order chi connectivity index (χ0) is 19.1. The molecule has 6 nitrogen and oxygen atoms in total. The first-order chi connectivity index (χ1) is 12.5. The molecule has 1 heterocycles. The van der Waals surface area contributed by atoms with E-state index in [2.05, 4.69) is 11.9 Å². The molecule has 2 rings (SSSR count). The molecule has 6 heteroatoms. The van der Waals surface area contributed by atoms with Gasteiger partial charge in [-0.1, -0.05) is 24.8 Å². The Morgan fingerprint density at radius 3 is 2.62 bits per heavy atom. The first-order valence-corrected chi connectivity index (χ1v) is 8.68. The average Bonchev–Trinajstić information content (AvgIpc) is 3.04. The van der Waals surface area contributed by atoms with Crippen LogP contribution in [0.4, 0.5) is 10.5 Å². The highest BCUT2D eigenvalue weighted by molar-refractivity contribution is 5.76. The maximum Gasteiger partial charge on any atom is 0.317 e. The van der Waals surface area contributed by atoms with Gasteiger partial charge in [-0.2, -0.15) is 0 Å². The number of benzene rings is 1. The zero-order valence-corrected chi connectivity index (χ0v) is 15.7. The molecule has 1 aliphatic rings. The number of para-hydroxylation sites is 1. The van der Waals surface area contributed by atoms with Crippen LogP contribution in [0.1, 0.15) is 20.8 Å². The molecule has 0 spiro atoms. The second-order valence-electron chi connectivity index (χ2n) is 6.12. The Hall–Kier alpha value is -2.73. The number of rotatable bonds is 8. The van der Waals surface area contributed by atoms with E-state index in [1.807, 2.05) is 57.2 Å². The number of carbonyl (C=O) groups is 1. The Morgan fingerprint density at radius 1 is 1.38 bits per heavy atom. The number of hydrogen-bond acceptors (Lipinski definition) is 4. The highest BCUT2D eigenvalue weighted by Gasteiger charge is 2.20. The lowest BCUT2D eigenvalue weighted by atomic mass is 10.1. The summed E-state index contributed by atoms with van der Waals surface area (Å²) >= 11 is 0. The molecular weight excluding hydrogens is 330 g/mol. The van der Waals surface area contributed by atoms with Crippen LogP contribution in [0, 0.1) is 0 Å². The largest absolute Gasteiger partial charge is 0.492 e. The lowest BCUT2D eigenvalue weighted by molar-refractivity contribution is 0.173. The van der Waals surface area contributed by atoms with Crippen LogP contribution in [0.15, 0.2) is 65.6 Å². The van der Waals surface area contributed by atoms with E-state index in [0.717, 1.165) is 16.2 Å². The van der Waals surface area contributed by atoms with Gasteiger partial charge >= 0.3 is 6.03 Å². The molecule has 0 aromatic heterocycles. The van der Waals surface area contributed by atoms with Crippen molar-refractivity contribution in [2.45, 2.75) is 20.8 Å². The fraction of sp³-hybridized carbons (Fsp3) is 0.350. The van der Waals surface area contributed by atoms with Gasteiger partial charge in [0.15, 0.2) is 0 Å². The van der Waals surface area contributed by atoms with Gasteiger partial charge in [0.05, 0.1) is 17.9 Å². The topological polar surface area (TPSA) is 65.0 Å². The van der Waals surface area contributed by atoms with Crippen LogP contribution in [0.2, 0.25) is 0 Å². The van der Waals surface area contributed by atoms with E-state index in [1.165, 1.54) is 0 Å². The molecule has 0 saturated carbocycles. The third-order valence-corrected chi connectivity index (χ3v) is 4.17. The smallest absolute Gasteiger partial charge is 0.317 e. The molecule has 0 radical (unpaired) electrons. The molecule has 26 heavy (non-hydrogen) atoms. The molecular formula is C20H27N3O3. The van der Waals surface area contributed by atoms with Crippen molar-refractivity contribution in [3.8, 4) is 0 Å². The zero-order valence-electron chi connectivity index (χ0n) is 15.7. The number of nitrogens with one attached hydrogen (secondary N) is 1. The quantitative estimate of drug-likeness (QED) is 0.423. The summed E-state index contributed by atoms with van der Waals surface area (Å²) in [7, 11) is 0. The van der Waals surface area contributed by atoms with Crippen molar-refractivity contribution in [3.63, 3.8) is 0 Å². The Balaban J connectivity index is 2.14. The number of amides is 2. The van der Waals surface area contributed by atoms with Crippen LogP contribution in [0.25, 0.3) is 0 Å². The summed E-state index contributed by atoms with van der Waals surface area (Å²) in [6.45, 7) is 11.8. The van der Waals surface area contributed by atoms with E-state index in [4.69, 9.17) is 4.74 Å². The predicted molar refractivity (Wildman–Crippen MR) is 103 cm³/mol. The van der Waals surface area contributed by atoms with Gasteiger partial charge in [-0.3, -0.25) is 5.21 Å². The van der Waals surface area contributed by atoms with Gasteiger partial charge in [-0.25, -0.2) is 9.86 Å². The van der Waals surface area contributed by atoms with Gasteiger partial charge < -0.3 is 15.0 Å². The summed E-state index contributed by atoms with van der Waals surface area (Å²) < 4.78 is 5.88. The lowest BCUT2D eigenvalue weighted by Crippen LogP contribution is -2.31.